The first-order chi connectivity index (χ1) is 19.6. The lowest BCUT2D eigenvalue weighted by molar-refractivity contribution is -0.655. The molecule has 4 heteroatoms. The Hall–Kier alpha value is -3.34. The van der Waals surface area contributed by atoms with Crippen molar-refractivity contribution in [2.75, 3.05) is 0 Å². The van der Waals surface area contributed by atoms with Gasteiger partial charge in [-0.05, 0) is 60.1 Å². The summed E-state index contributed by atoms with van der Waals surface area (Å²) < 4.78 is 7.94. The van der Waals surface area contributed by atoms with Crippen molar-refractivity contribution in [1.29, 1.82) is 0 Å². The molecule has 2 fully saturated rings. The van der Waals surface area contributed by atoms with Gasteiger partial charge in [-0.3, -0.25) is 0 Å². The maximum Gasteiger partial charge on any atom is 0.245 e. The minimum absolute atomic E-state index is 0.0234. The van der Waals surface area contributed by atoms with E-state index in [9.17, 15) is 0 Å². The quantitative estimate of drug-likeness (QED) is 0.192. The van der Waals surface area contributed by atoms with Crippen LogP contribution in [0.25, 0.3) is 31.6 Å². The van der Waals surface area contributed by atoms with E-state index in [1.807, 2.05) is 0 Å². The summed E-state index contributed by atoms with van der Waals surface area (Å²) in [6.45, 7) is 0. The fourth-order valence-corrected chi connectivity index (χ4v) is 12.5. The Balaban J connectivity index is 1.47. The number of para-hydroxylation sites is 2. The maximum absolute atomic E-state index is 2.57. The van der Waals surface area contributed by atoms with Gasteiger partial charge >= 0.3 is 0 Å². The normalized spacial score (nSPS) is 24.1. The summed E-state index contributed by atoms with van der Waals surface area (Å²) in [6, 6.07) is 37.0. The van der Waals surface area contributed by atoms with Gasteiger partial charge in [-0.15, -0.1) is 0 Å². The van der Waals surface area contributed by atoms with Gasteiger partial charge in [-0.2, -0.15) is 9.13 Å². The number of nitrogens with zero attached hydrogens (tertiary/aromatic N) is 2. The molecule has 4 aromatic carbocycles. The molecule has 6 aromatic rings. The van der Waals surface area contributed by atoms with Crippen molar-refractivity contribution in [2.24, 2.45) is 14.1 Å². The SMILES string of the molecule is C[n+]1c(C23CCCC(c4sc5ccccc5[n+]4C)(CC2)C32c3ccccc3-c3ccccc32)sc2ccccc21. The highest BCUT2D eigenvalue weighted by molar-refractivity contribution is 7.18. The van der Waals surface area contributed by atoms with Gasteiger partial charge in [0.1, 0.15) is 23.5 Å². The Morgan fingerprint density at radius 3 is 1.43 bits per heavy atom. The molecule has 2 saturated carbocycles. The summed E-state index contributed by atoms with van der Waals surface area (Å²) in [5, 5.41) is 3.12. The molecule has 196 valence electrons. The predicted molar refractivity (Wildman–Crippen MR) is 165 cm³/mol. The first-order valence-corrected chi connectivity index (χ1v) is 16.2. The zero-order valence-corrected chi connectivity index (χ0v) is 24.6. The molecule has 2 atom stereocenters. The standard InChI is InChI=1S/C36H32N2S2/c1-37-28-16-7-9-18-30(28)39-32(37)34-20-11-21-35(23-22-34,33-38(2)29-17-8-10-19-31(29)40-33)36(34)26-14-5-3-12-24(26)25-13-4-6-15-27(25)36/h3-10,12-19H,11,20-23H2,1-2H3/q+2. The second kappa shape index (κ2) is 7.90. The summed E-state index contributed by atoms with van der Waals surface area (Å²) in [5.41, 5.74) is 8.66. The molecular weight excluding hydrogens is 525 g/mol. The molecule has 40 heavy (non-hydrogen) atoms. The van der Waals surface area contributed by atoms with Crippen molar-refractivity contribution in [1.82, 2.24) is 0 Å². The number of hydrogen-bond acceptors (Lipinski definition) is 2. The average Bonchev–Trinajstić information content (AvgIpc) is 3.66. The highest BCUT2D eigenvalue weighted by atomic mass is 32.1. The maximum atomic E-state index is 2.57. The molecule has 0 radical (unpaired) electrons. The second-order valence-corrected chi connectivity index (χ2v) is 14.3. The first-order valence-electron chi connectivity index (χ1n) is 14.6. The Kier molecular flexibility index (Phi) is 4.61. The van der Waals surface area contributed by atoms with Gasteiger partial charge in [-0.25, -0.2) is 0 Å². The number of hydrogen-bond donors (Lipinski definition) is 0. The van der Waals surface area contributed by atoms with Crippen LogP contribution in [0.1, 0.15) is 53.2 Å². The summed E-state index contributed by atoms with van der Waals surface area (Å²) in [6.07, 6.45) is 6.14. The summed E-state index contributed by atoms with van der Waals surface area (Å²) in [5.74, 6) is 0. The lowest BCUT2D eigenvalue weighted by Crippen LogP contribution is -2.62. The van der Waals surface area contributed by atoms with Gasteiger partial charge in [-0.1, -0.05) is 102 Å². The molecule has 2 aromatic heterocycles. The number of rotatable bonds is 2. The number of benzene rings is 4. The van der Waals surface area contributed by atoms with Crippen LogP contribution in [0, 0.1) is 0 Å². The highest BCUT2D eigenvalue weighted by Gasteiger charge is 2.78. The van der Waals surface area contributed by atoms with Crippen molar-refractivity contribution in [3.05, 3.63) is 118 Å². The summed E-state index contributed by atoms with van der Waals surface area (Å²) in [4.78, 5) is 0. The van der Waals surface area contributed by atoms with Crippen LogP contribution in [0.15, 0.2) is 97.1 Å². The molecule has 2 unspecified atom stereocenters. The topological polar surface area (TPSA) is 7.76 Å². The average molecular weight is 557 g/mol. The van der Waals surface area contributed by atoms with E-state index >= 15 is 0 Å². The molecule has 2 bridgehead atoms. The van der Waals surface area contributed by atoms with E-state index in [2.05, 4.69) is 143 Å². The molecule has 2 nitrogen and oxygen atoms in total. The third kappa shape index (κ3) is 2.49. The van der Waals surface area contributed by atoms with Gasteiger partial charge in [0.05, 0.1) is 16.2 Å². The molecule has 0 N–H and O–H groups in total. The van der Waals surface area contributed by atoms with Crippen LogP contribution in [0.3, 0.4) is 0 Å². The Bertz CT molecular complexity index is 1850. The number of thiazole rings is 2. The van der Waals surface area contributed by atoms with E-state index in [0.29, 0.717) is 0 Å². The minimum atomic E-state index is -0.122. The monoisotopic (exact) mass is 556 g/mol. The predicted octanol–water partition coefficient (Wildman–Crippen LogP) is 7.89. The lowest BCUT2D eigenvalue weighted by atomic mass is 9.46. The first kappa shape index (κ1) is 23.4. The molecule has 0 amide bonds. The van der Waals surface area contributed by atoms with Crippen LogP contribution in [0.5, 0.6) is 0 Å². The molecule has 2 heterocycles. The second-order valence-electron chi connectivity index (χ2n) is 12.2. The van der Waals surface area contributed by atoms with Gasteiger partial charge in [0.15, 0.2) is 0 Å². The fourth-order valence-electron chi connectivity index (χ4n) is 9.63. The van der Waals surface area contributed by atoms with E-state index in [4.69, 9.17) is 0 Å². The molecule has 0 aliphatic heterocycles. The zero-order valence-electron chi connectivity index (χ0n) is 23.0. The molecule has 1 spiro atoms. The number of aromatic nitrogens is 2. The Morgan fingerprint density at radius 1 is 0.525 bits per heavy atom. The van der Waals surface area contributed by atoms with Crippen LogP contribution in [-0.2, 0) is 30.3 Å². The molecule has 3 aliphatic carbocycles. The van der Waals surface area contributed by atoms with Gasteiger partial charge in [0.25, 0.3) is 0 Å². The molecule has 9 rings (SSSR count). The lowest BCUT2D eigenvalue weighted by Gasteiger charge is -2.53. The molecule has 0 saturated heterocycles. The van der Waals surface area contributed by atoms with E-state index < -0.39 is 0 Å². The van der Waals surface area contributed by atoms with Crippen LogP contribution >= 0.6 is 22.7 Å². The van der Waals surface area contributed by atoms with Crippen molar-refractivity contribution in [3.63, 3.8) is 0 Å². The summed E-state index contributed by atoms with van der Waals surface area (Å²) in [7, 11) is 4.66. The minimum Gasteiger partial charge on any atom is -0.188 e. The number of fused-ring (bicyclic) bond motifs is 5. The van der Waals surface area contributed by atoms with Crippen molar-refractivity contribution in [2.45, 2.75) is 48.3 Å². The van der Waals surface area contributed by atoms with Crippen LogP contribution in [0.2, 0.25) is 0 Å². The molecular formula is C36H32N2S2+2. The summed E-state index contributed by atoms with van der Waals surface area (Å²) >= 11 is 4.11. The van der Waals surface area contributed by atoms with Crippen molar-refractivity contribution < 1.29 is 9.13 Å². The van der Waals surface area contributed by atoms with E-state index in [-0.39, 0.29) is 16.2 Å². The Morgan fingerprint density at radius 2 is 0.950 bits per heavy atom. The molecule has 3 aliphatic rings. The fraction of sp³-hybridized carbons (Fsp3) is 0.278. The van der Waals surface area contributed by atoms with Crippen molar-refractivity contribution in [3.8, 4) is 11.1 Å². The smallest absolute Gasteiger partial charge is 0.188 e. The van der Waals surface area contributed by atoms with E-state index in [1.165, 1.54) is 63.7 Å². The Labute approximate surface area is 243 Å². The zero-order chi connectivity index (χ0) is 26.7. The van der Waals surface area contributed by atoms with Crippen LogP contribution < -0.4 is 9.13 Å². The number of aryl methyl sites for hydroxylation is 2. The third-order valence-electron chi connectivity index (χ3n) is 10.9. The van der Waals surface area contributed by atoms with Gasteiger partial charge in [0.2, 0.25) is 21.0 Å². The largest absolute Gasteiger partial charge is 0.245 e. The van der Waals surface area contributed by atoms with Crippen molar-refractivity contribution >= 4 is 43.1 Å². The van der Waals surface area contributed by atoms with E-state index in [0.717, 1.165) is 0 Å². The van der Waals surface area contributed by atoms with Gasteiger partial charge < -0.3 is 0 Å². The van der Waals surface area contributed by atoms with Crippen LogP contribution in [0.4, 0.5) is 0 Å². The highest BCUT2D eigenvalue weighted by Crippen LogP contribution is 2.77. The van der Waals surface area contributed by atoms with Crippen LogP contribution in [-0.4, -0.2) is 0 Å². The van der Waals surface area contributed by atoms with E-state index in [1.54, 1.807) is 21.1 Å². The van der Waals surface area contributed by atoms with Gasteiger partial charge in [0, 0.05) is 12.1 Å². The third-order valence-corrected chi connectivity index (χ3v) is 13.7.